The van der Waals surface area contributed by atoms with Crippen molar-refractivity contribution in [3.8, 4) is 0 Å². The summed E-state index contributed by atoms with van der Waals surface area (Å²) >= 11 is 0. The lowest BCUT2D eigenvalue weighted by atomic mass is 10.3. The van der Waals surface area contributed by atoms with Crippen molar-refractivity contribution in [1.82, 2.24) is 19.9 Å². The van der Waals surface area contributed by atoms with Crippen molar-refractivity contribution in [2.45, 2.75) is 19.3 Å². The lowest BCUT2D eigenvalue weighted by Crippen LogP contribution is -2.45. The number of hydrogen-bond donors (Lipinski definition) is 1. The van der Waals surface area contributed by atoms with Crippen molar-refractivity contribution in [1.29, 1.82) is 0 Å². The van der Waals surface area contributed by atoms with Gasteiger partial charge in [-0.05, 0) is 20.0 Å². The van der Waals surface area contributed by atoms with E-state index >= 15 is 0 Å². The Morgan fingerprint density at radius 3 is 2.72 bits per heavy atom. The monoisotopic (exact) mass is 253 g/mol. The van der Waals surface area contributed by atoms with Crippen LogP contribution in [0, 0.1) is 0 Å². The maximum absolute atomic E-state index is 5.45. The second-order valence-electron chi connectivity index (χ2n) is 4.89. The predicted octanol–water partition coefficient (Wildman–Crippen LogP) is -0.249. The molecule has 0 bridgehead atoms. The molecular weight excluding hydrogens is 230 g/mol. The molecule has 2 N–H and O–H groups in total. The summed E-state index contributed by atoms with van der Waals surface area (Å²) in [6.07, 6.45) is 2.56. The van der Waals surface area contributed by atoms with Crippen molar-refractivity contribution >= 4 is 0 Å². The van der Waals surface area contributed by atoms with Crippen LogP contribution in [-0.4, -0.2) is 66.3 Å². The third kappa shape index (κ3) is 4.04. The molecule has 0 aromatic carbocycles. The first kappa shape index (κ1) is 13.5. The van der Waals surface area contributed by atoms with E-state index in [0.29, 0.717) is 12.4 Å². The first-order valence-corrected chi connectivity index (χ1v) is 6.70. The van der Waals surface area contributed by atoms with E-state index in [1.54, 1.807) is 0 Å². The number of aromatic nitrogens is 2. The van der Waals surface area contributed by atoms with Gasteiger partial charge in [-0.25, -0.2) is 0 Å². The number of nitrogens with zero attached hydrogens (tertiary/aromatic N) is 4. The Hall–Kier alpha value is -0.980. The summed E-state index contributed by atoms with van der Waals surface area (Å²) in [7, 11) is 2.17. The van der Waals surface area contributed by atoms with Crippen molar-refractivity contribution in [3.63, 3.8) is 0 Å². The van der Waals surface area contributed by atoms with E-state index < -0.39 is 0 Å². The van der Waals surface area contributed by atoms with Crippen molar-refractivity contribution < 1.29 is 4.52 Å². The molecule has 0 amide bonds. The molecule has 2 heterocycles. The average molecular weight is 253 g/mol. The molecule has 1 aromatic rings. The first-order valence-electron chi connectivity index (χ1n) is 6.70. The van der Waals surface area contributed by atoms with Crippen LogP contribution in [0.4, 0.5) is 0 Å². The van der Waals surface area contributed by atoms with Gasteiger partial charge in [0.2, 0.25) is 5.89 Å². The number of piperazine rings is 1. The molecule has 1 aromatic heterocycles. The molecule has 0 spiro atoms. The molecular formula is C12H23N5O. The van der Waals surface area contributed by atoms with Crippen LogP contribution in [-0.2, 0) is 12.8 Å². The van der Waals surface area contributed by atoms with Crippen LogP contribution in [0.1, 0.15) is 18.1 Å². The summed E-state index contributed by atoms with van der Waals surface area (Å²) in [5.74, 6) is 1.54. The Kier molecular flexibility index (Phi) is 5.10. The van der Waals surface area contributed by atoms with Gasteiger partial charge in [0.1, 0.15) is 0 Å². The molecule has 1 fully saturated rings. The van der Waals surface area contributed by atoms with Crippen molar-refractivity contribution in [2.75, 3.05) is 46.3 Å². The standard InChI is InChI=1S/C12H23N5O/c1-16-7-9-17(10-8-16)6-4-11-14-12(18-15-11)3-2-5-13/h2-10,13H2,1H3. The zero-order valence-electron chi connectivity index (χ0n) is 11.1. The molecule has 0 aliphatic carbocycles. The van der Waals surface area contributed by atoms with Crippen LogP contribution < -0.4 is 5.73 Å². The normalized spacial score (nSPS) is 18.3. The highest BCUT2D eigenvalue weighted by Crippen LogP contribution is 2.04. The van der Waals surface area contributed by atoms with E-state index in [-0.39, 0.29) is 0 Å². The fourth-order valence-corrected chi connectivity index (χ4v) is 2.08. The molecule has 6 heteroatoms. The summed E-state index contributed by atoms with van der Waals surface area (Å²) in [5.41, 5.74) is 5.45. The van der Waals surface area contributed by atoms with Crippen molar-refractivity contribution in [3.05, 3.63) is 11.7 Å². The number of nitrogens with two attached hydrogens (primary N) is 1. The smallest absolute Gasteiger partial charge is 0.226 e. The van der Waals surface area contributed by atoms with E-state index in [1.807, 2.05) is 0 Å². The Balaban J connectivity index is 1.71. The highest BCUT2D eigenvalue weighted by Gasteiger charge is 2.14. The van der Waals surface area contributed by atoms with E-state index in [1.165, 1.54) is 0 Å². The zero-order chi connectivity index (χ0) is 12.8. The molecule has 2 rings (SSSR count). The Morgan fingerprint density at radius 1 is 1.22 bits per heavy atom. The minimum absolute atomic E-state index is 0.666. The lowest BCUT2D eigenvalue weighted by molar-refractivity contribution is 0.154. The Labute approximate surface area is 108 Å². The van der Waals surface area contributed by atoms with Gasteiger partial charge in [-0.3, -0.25) is 0 Å². The minimum Gasteiger partial charge on any atom is -0.339 e. The van der Waals surface area contributed by atoms with Crippen LogP contribution in [0.5, 0.6) is 0 Å². The number of hydrogen-bond acceptors (Lipinski definition) is 6. The highest BCUT2D eigenvalue weighted by atomic mass is 16.5. The largest absolute Gasteiger partial charge is 0.339 e. The average Bonchev–Trinajstić information content (AvgIpc) is 2.84. The summed E-state index contributed by atoms with van der Waals surface area (Å²) in [6.45, 7) is 6.24. The lowest BCUT2D eigenvalue weighted by Gasteiger charge is -2.31. The zero-order valence-corrected chi connectivity index (χ0v) is 11.1. The van der Waals surface area contributed by atoms with Gasteiger partial charge in [-0.15, -0.1) is 0 Å². The van der Waals surface area contributed by atoms with Gasteiger partial charge >= 0.3 is 0 Å². The summed E-state index contributed by atoms with van der Waals surface area (Å²) in [5, 5.41) is 4.00. The van der Waals surface area contributed by atoms with Crippen LogP contribution >= 0.6 is 0 Å². The predicted molar refractivity (Wildman–Crippen MR) is 69.3 cm³/mol. The molecule has 1 aliphatic rings. The maximum atomic E-state index is 5.45. The van der Waals surface area contributed by atoms with Crippen LogP contribution in [0.25, 0.3) is 0 Å². The van der Waals surface area contributed by atoms with E-state index in [9.17, 15) is 0 Å². The summed E-state index contributed by atoms with van der Waals surface area (Å²) < 4.78 is 5.18. The van der Waals surface area contributed by atoms with Crippen LogP contribution in [0.15, 0.2) is 4.52 Å². The first-order chi connectivity index (χ1) is 8.78. The van der Waals surface area contributed by atoms with E-state index in [4.69, 9.17) is 10.3 Å². The van der Waals surface area contributed by atoms with E-state index in [2.05, 4.69) is 27.0 Å². The molecule has 102 valence electrons. The van der Waals surface area contributed by atoms with Crippen molar-refractivity contribution in [2.24, 2.45) is 5.73 Å². The third-order valence-corrected chi connectivity index (χ3v) is 3.35. The molecule has 0 unspecified atom stereocenters. The Bertz CT molecular complexity index is 346. The van der Waals surface area contributed by atoms with Crippen LogP contribution in [0.3, 0.4) is 0 Å². The van der Waals surface area contributed by atoms with Gasteiger partial charge in [-0.2, -0.15) is 4.98 Å². The van der Waals surface area contributed by atoms with Gasteiger partial charge in [0.05, 0.1) is 0 Å². The SMILES string of the molecule is CN1CCN(CCc2noc(CCCN)n2)CC1. The van der Waals surface area contributed by atoms with Crippen LogP contribution in [0.2, 0.25) is 0 Å². The van der Waals surface area contributed by atoms with Gasteiger partial charge in [0.25, 0.3) is 0 Å². The fraction of sp³-hybridized carbons (Fsp3) is 0.833. The van der Waals surface area contributed by atoms with Gasteiger partial charge in [0, 0.05) is 45.6 Å². The third-order valence-electron chi connectivity index (χ3n) is 3.35. The number of rotatable bonds is 6. The molecule has 0 saturated carbocycles. The molecule has 1 aliphatic heterocycles. The van der Waals surface area contributed by atoms with Gasteiger partial charge in [-0.1, -0.05) is 5.16 Å². The van der Waals surface area contributed by atoms with Gasteiger partial charge in [0.15, 0.2) is 5.82 Å². The summed E-state index contributed by atoms with van der Waals surface area (Å²) in [6, 6.07) is 0. The van der Waals surface area contributed by atoms with E-state index in [0.717, 1.165) is 57.8 Å². The molecule has 6 nitrogen and oxygen atoms in total. The topological polar surface area (TPSA) is 71.4 Å². The molecule has 0 atom stereocenters. The summed E-state index contributed by atoms with van der Waals surface area (Å²) in [4.78, 5) is 9.19. The molecule has 18 heavy (non-hydrogen) atoms. The maximum Gasteiger partial charge on any atom is 0.226 e. The molecule has 1 saturated heterocycles. The second-order valence-corrected chi connectivity index (χ2v) is 4.89. The number of likely N-dealkylation sites (N-methyl/N-ethyl adjacent to an activating group) is 1. The minimum atomic E-state index is 0.666. The quantitative estimate of drug-likeness (QED) is 0.754. The molecule has 0 radical (unpaired) electrons. The Morgan fingerprint density at radius 2 is 2.00 bits per heavy atom. The van der Waals surface area contributed by atoms with Gasteiger partial charge < -0.3 is 20.1 Å². The second kappa shape index (κ2) is 6.82. The highest BCUT2D eigenvalue weighted by molar-refractivity contribution is 4.88. The number of aryl methyl sites for hydroxylation is 1. The fourth-order valence-electron chi connectivity index (χ4n) is 2.08.